The van der Waals surface area contributed by atoms with E-state index in [1.807, 2.05) is 25.5 Å². The number of hydrogen-bond donors (Lipinski definition) is 2. The molecule has 0 saturated carbocycles. The molecule has 2 aromatic rings. The Balaban J connectivity index is 1.50. The Kier molecular flexibility index (Phi) is 4.42. The summed E-state index contributed by atoms with van der Waals surface area (Å²) in [4.78, 5) is 12.1. The number of amides is 2. The first kappa shape index (κ1) is 14.6. The maximum Gasteiger partial charge on any atom is 0.315 e. The van der Waals surface area contributed by atoms with Crippen molar-refractivity contribution in [2.45, 2.75) is 31.7 Å². The zero-order chi connectivity index (χ0) is 15.4. The van der Waals surface area contributed by atoms with Crippen LogP contribution in [0.3, 0.4) is 0 Å². The number of aromatic nitrogens is 2. The first-order chi connectivity index (χ1) is 10.7. The van der Waals surface area contributed by atoms with Gasteiger partial charge in [0.2, 0.25) is 0 Å². The van der Waals surface area contributed by atoms with E-state index in [4.69, 9.17) is 0 Å². The highest BCUT2D eigenvalue weighted by molar-refractivity contribution is 5.74. The quantitative estimate of drug-likeness (QED) is 0.910. The predicted octanol–water partition coefficient (Wildman–Crippen LogP) is 2.34. The number of hydrogen-bond acceptors (Lipinski definition) is 2. The molecule has 3 rings (SSSR count). The van der Waals surface area contributed by atoms with Crippen molar-refractivity contribution >= 4 is 6.03 Å². The minimum atomic E-state index is -0.0920. The zero-order valence-electron chi connectivity index (χ0n) is 12.9. The largest absolute Gasteiger partial charge is 0.338 e. The van der Waals surface area contributed by atoms with Gasteiger partial charge in [0.15, 0.2) is 0 Å². The Morgan fingerprint density at radius 3 is 3.09 bits per heavy atom. The molecule has 22 heavy (non-hydrogen) atoms. The number of fused-ring (bicyclic) bond motifs is 1. The molecule has 1 aliphatic carbocycles. The van der Waals surface area contributed by atoms with Gasteiger partial charge in [0.1, 0.15) is 0 Å². The third-order valence-corrected chi connectivity index (χ3v) is 4.13. The SMILES string of the molecule is Cn1cc(CCNC(=O)N[C@@H]2CCCc3ccccc32)cn1. The molecule has 1 aliphatic rings. The summed E-state index contributed by atoms with van der Waals surface area (Å²) in [6.07, 6.45) is 7.83. The topological polar surface area (TPSA) is 59.0 Å². The first-order valence-corrected chi connectivity index (χ1v) is 7.82. The van der Waals surface area contributed by atoms with E-state index in [1.165, 1.54) is 11.1 Å². The van der Waals surface area contributed by atoms with Crippen LogP contribution < -0.4 is 10.6 Å². The Bertz CT molecular complexity index is 650. The molecule has 2 N–H and O–H groups in total. The van der Waals surface area contributed by atoms with Gasteiger partial charge in [-0.1, -0.05) is 24.3 Å². The van der Waals surface area contributed by atoms with E-state index < -0.39 is 0 Å². The number of nitrogens with zero attached hydrogens (tertiary/aromatic N) is 2. The summed E-state index contributed by atoms with van der Waals surface area (Å²) < 4.78 is 1.77. The Morgan fingerprint density at radius 1 is 1.41 bits per heavy atom. The standard InChI is InChI=1S/C17H22N4O/c1-21-12-13(11-19-21)9-10-18-17(22)20-16-8-4-6-14-5-2-3-7-15(14)16/h2-3,5,7,11-12,16H,4,6,8-10H2,1H3,(H2,18,20,22)/t16-/m1/s1. The van der Waals surface area contributed by atoms with Crippen LogP contribution >= 0.6 is 0 Å². The van der Waals surface area contributed by atoms with Crippen LogP contribution in [0, 0.1) is 0 Å². The summed E-state index contributed by atoms with van der Waals surface area (Å²) in [5, 5.41) is 10.1. The van der Waals surface area contributed by atoms with Gasteiger partial charge in [-0.3, -0.25) is 4.68 Å². The molecule has 0 fully saturated rings. The van der Waals surface area contributed by atoms with Crippen molar-refractivity contribution in [3.63, 3.8) is 0 Å². The molecule has 1 aromatic heterocycles. The number of rotatable bonds is 4. The van der Waals surface area contributed by atoms with Gasteiger partial charge in [-0.05, 0) is 42.4 Å². The van der Waals surface area contributed by atoms with Crippen molar-refractivity contribution in [2.75, 3.05) is 6.54 Å². The highest BCUT2D eigenvalue weighted by Gasteiger charge is 2.20. The van der Waals surface area contributed by atoms with E-state index in [2.05, 4.69) is 33.9 Å². The van der Waals surface area contributed by atoms with Crippen LogP contribution in [0.2, 0.25) is 0 Å². The maximum absolute atomic E-state index is 12.1. The molecule has 5 nitrogen and oxygen atoms in total. The minimum Gasteiger partial charge on any atom is -0.338 e. The van der Waals surface area contributed by atoms with Crippen LogP contribution in [0.5, 0.6) is 0 Å². The highest BCUT2D eigenvalue weighted by atomic mass is 16.2. The molecular weight excluding hydrogens is 276 g/mol. The van der Waals surface area contributed by atoms with E-state index in [0.29, 0.717) is 6.54 Å². The molecular formula is C17H22N4O. The van der Waals surface area contributed by atoms with Crippen molar-refractivity contribution in [3.05, 3.63) is 53.3 Å². The van der Waals surface area contributed by atoms with E-state index >= 15 is 0 Å². The maximum atomic E-state index is 12.1. The molecule has 5 heteroatoms. The second-order valence-electron chi connectivity index (χ2n) is 5.82. The Hall–Kier alpha value is -2.30. The van der Waals surface area contributed by atoms with Gasteiger partial charge in [0, 0.05) is 19.8 Å². The van der Waals surface area contributed by atoms with Crippen LogP contribution in [0.15, 0.2) is 36.7 Å². The van der Waals surface area contributed by atoms with Crippen molar-refractivity contribution in [2.24, 2.45) is 7.05 Å². The van der Waals surface area contributed by atoms with E-state index in [1.54, 1.807) is 4.68 Å². The molecule has 0 bridgehead atoms. The van der Waals surface area contributed by atoms with Gasteiger partial charge >= 0.3 is 6.03 Å². The number of benzene rings is 1. The van der Waals surface area contributed by atoms with Gasteiger partial charge in [0.05, 0.1) is 12.2 Å². The molecule has 0 spiro atoms. The van der Waals surface area contributed by atoms with Gasteiger partial charge in [-0.25, -0.2) is 4.79 Å². The normalized spacial score (nSPS) is 16.9. The molecule has 1 atom stereocenters. The van der Waals surface area contributed by atoms with Crippen LogP contribution in [0.1, 0.15) is 35.6 Å². The Morgan fingerprint density at radius 2 is 2.27 bits per heavy atom. The van der Waals surface area contributed by atoms with Gasteiger partial charge in [-0.15, -0.1) is 0 Å². The summed E-state index contributed by atoms with van der Waals surface area (Å²) in [7, 11) is 1.89. The van der Waals surface area contributed by atoms with Gasteiger partial charge < -0.3 is 10.6 Å². The fourth-order valence-corrected chi connectivity index (χ4v) is 3.03. The summed E-state index contributed by atoms with van der Waals surface area (Å²) >= 11 is 0. The number of nitrogens with one attached hydrogen (secondary N) is 2. The molecule has 0 aliphatic heterocycles. The number of aryl methyl sites for hydroxylation is 2. The smallest absolute Gasteiger partial charge is 0.315 e. The lowest BCUT2D eigenvalue weighted by molar-refractivity contribution is 0.235. The van der Waals surface area contributed by atoms with Gasteiger partial charge in [-0.2, -0.15) is 5.10 Å². The van der Waals surface area contributed by atoms with Crippen LogP contribution in [-0.2, 0) is 19.9 Å². The lowest BCUT2D eigenvalue weighted by atomic mass is 9.88. The van der Waals surface area contributed by atoms with E-state index in [-0.39, 0.29) is 12.1 Å². The number of urea groups is 1. The van der Waals surface area contributed by atoms with Crippen LogP contribution in [-0.4, -0.2) is 22.4 Å². The minimum absolute atomic E-state index is 0.0920. The third-order valence-electron chi connectivity index (χ3n) is 4.13. The summed E-state index contributed by atoms with van der Waals surface area (Å²) in [5.41, 5.74) is 3.75. The van der Waals surface area contributed by atoms with Crippen molar-refractivity contribution in [3.8, 4) is 0 Å². The van der Waals surface area contributed by atoms with Crippen molar-refractivity contribution in [1.82, 2.24) is 20.4 Å². The molecule has 0 radical (unpaired) electrons. The van der Waals surface area contributed by atoms with Crippen molar-refractivity contribution < 1.29 is 4.79 Å². The zero-order valence-corrected chi connectivity index (χ0v) is 12.9. The fourth-order valence-electron chi connectivity index (χ4n) is 3.03. The molecule has 116 valence electrons. The summed E-state index contributed by atoms with van der Waals surface area (Å²) in [6.45, 7) is 0.617. The van der Waals surface area contributed by atoms with E-state index in [9.17, 15) is 4.79 Å². The predicted molar refractivity (Wildman–Crippen MR) is 85.6 cm³/mol. The number of carbonyl (C=O) groups excluding carboxylic acids is 1. The average molecular weight is 298 g/mol. The Labute approximate surface area is 130 Å². The van der Waals surface area contributed by atoms with E-state index in [0.717, 1.165) is 31.2 Å². The molecule has 1 heterocycles. The van der Waals surface area contributed by atoms with Gasteiger partial charge in [0.25, 0.3) is 0 Å². The monoisotopic (exact) mass is 298 g/mol. The second-order valence-corrected chi connectivity index (χ2v) is 5.82. The lowest BCUT2D eigenvalue weighted by Crippen LogP contribution is -2.39. The average Bonchev–Trinajstić information content (AvgIpc) is 2.93. The van der Waals surface area contributed by atoms with Crippen molar-refractivity contribution in [1.29, 1.82) is 0 Å². The van der Waals surface area contributed by atoms with Crippen LogP contribution in [0.25, 0.3) is 0 Å². The lowest BCUT2D eigenvalue weighted by Gasteiger charge is -2.26. The summed E-state index contributed by atoms with van der Waals surface area (Å²) in [6, 6.07) is 8.42. The molecule has 0 saturated heterocycles. The molecule has 1 aromatic carbocycles. The fraction of sp³-hybridized carbons (Fsp3) is 0.412. The highest BCUT2D eigenvalue weighted by Crippen LogP contribution is 2.29. The second kappa shape index (κ2) is 6.64. The van der Waals surface area contributed by atoms with Crippen LogP contribution in [0.4, 0.5) is 4.79 Å². The number of carbonyl (C=O) groups is 1. The molecule has 0 unspecified atom stereocenters. The third kappa shape index (κ3) is 3.47. The summed E-state index contributed by atoms with van der Waals surface area (Å²) in [5.74, 6) is 0. The molecule has 2 amide bonds. The first-order valence-electron chi connectivity index (χ1n) is 7.82.